The van der Waals surface area contributed by atoms with Crippen LogP contribution in [0.1, 0.15) is 25.7 Å². The summed E-state index contributed by atoms with van der Waals surface area (Å²) in [6.45, 7) is 1.70. The molecule has 0 atom stereocenters. The van der Waals surface area contributed by atoms with Crippen molar-refractivity contribution in [3.63, 3.8) is 0 Å². The molecule has 0 unspecified atom stereocenters. The molecule has 0 radical (unpaired) electrons. The molecule has 1 aliphatic carbocycles. The highest BCUT2D eigenvalue weighted by Crippen LogP contribution is 2.25. The van der Waals surface area contributed by atoms with Crippen molar-refractivity contribution < 1.29 is 9.72 Å². The lowest BCUT2D eigenvalue weighted by Gasteiger charge is -2.15. The van der Waals surface area contributed by atoms with E-state index in [4.69, 9.17) is 0 Å². The molecule has 0 aliphatic heterocycles. The molecule has 1 amide bonds. The Morgan fingerprint density at radius 1 is 1.57 bits per heavy atom. The number of rotatable bonds is 9. The summed E-state index contributed by atoms with van der Waals surface area (Å²) in [6.07, 6.45) is 7.00. The van der Waals surface area contributed by atoms with Gasteiger partial charge in [-0.15, -0.1) is 0 Å². The molecule has 8 heteroatoms. The Balaban J connectivity index is 1.57. The van der Waals surface area contributed by atoms with Crippen molar-refractivity contribution in [2.24, 2.45) is 0 Å². The second-order valence-corrected chi connectivity index (χ2v) is 5.42. The molecule has 0 saturated heterocycles. The molecule has 1 aromatic heterocycles. The fraction of sp³-hybridized carbons (Fsp3) is 0.692. The van der Waals surface area contributed by atoms with Crippen LogP contribution < -0.4 is 5.32 Å². The van der Waals surface area contributed by atoms with E-state index in [-0.39, 0.29) is 18.1 Å². The lowest BCUT2D eigenvalue weighted by Crippen LogP contribution is -2.29. The standard InChI is InChI=1S/C13H21N5O3/c1-16(11-4-5-11)7-3-2-6-14-13(19)10-17-9-12(8-15-17)18(20)21/h8-9,11H,2-7,10H2,1H3,(H,14,19). The summed E-state index contributed by atoms with van der Waals surface area (Å²) in [5.41, 5.74) is -0.106. The first-order valence-corrected chi connectivity index (χ1v) is 7.20. The minimum absolute atomic E-state index is 0.00974. The number of nitrogens with one attached hydrogen (secondary N) is 1. The minimum atomic E-state index is -0.530. The summed E-state index contributed by atoms with van der Waals surface area (Å²) >= 11 is 0. The van der Waals surface area contributed by atoms with E-state index < -0.39 is 4.92 Å². The molecule has 0 aromatic carbocycles. The third kappa shape index (κ3) is 5.14. The molecule has 21 heavy (non-hydrogen) atoms. The van der Waals surface area contributed by atoms with Crippen molar-refractivity contribution in [1.29, 1.82) is 0 Å². The summed E-state index contributed by atoms with van der Waals surface area (Å²) in [6, 6.07) is 0.773. The Hall–Kier alpha value is -1.96. The fourth-order valence-electron chi connectivity index (χ4n) is 2.15. The van der Waals surface area contributed by atoms with E-state index in [1.807, 2.05) is 0 Å². The molecule has 2 rings (SSSR count). The van der Waals surface area contributed by atoms with Crippen LogP contribution >= 0.6 is 0 Å². The predicted molar refractivity (Wildman–Crippen MR) is 76.8 cm³/mol. The Morgan fingerprint density at radius 2 is 2.33 bits per heavy atom. The van der Waals surface area contributed by atoms with Crippen LogP contribution in [0.25, 0.3) is 0 Å². The molecule has 116 valence electrons. The van der Waals surface area contributed by atoms with Gasteiger partial charge >= 0.3 is 5.69 Å². The fourth-order valence-corrected chi connectivity index (χ4v) is 2.15. The van der Waals surface area contributed by atoms with Crippen LogP contribution in [0.5, 0.6) is 0 Å². The monoisotopic (exact) mass is 295 g/mol. The van der Waals surface area contributed by atoms with Gasteiger partial charge in [0.15, 0.2) is 0 Å². The zero-order valence-corrected chi connectivity index (χ0v) is 12.2. The third-order valence-electron chi connectivity index (χ3n) is 3.57. The lowest BCUT2D eigenvalue weighted by atomic mass is 10.3. The van der Waals surface area contributed by atoms with Crippen molar-refractivity contribution in [2.75, 3.05) is 20.1 Å². The Labute approximate surface area is 123 Å². The van der Waals surface area contributed by atoms with Crippen molar-refractivity contribution in [1.82, 2.24) is 20.0 Å². The van der Waals surface area contributed by atoms with Crippen LogP contribution in [0.2, 0.25) is 0 Å². The highest BCUT2D eigenvalue weighted by molar-refractivity contribution is 5.75. The van der Waals surface area contributed by atoms with Gasteiger partial charge in [0, 0.05) is 12.6 Å². The summed E-state index contributed by atoms with van der Waals surface area (Å²) in [5.74, 6) is -0.177. The maximum absolute atomic E-state index is 11.7. The normalized spacial score (nSPS) is 14.4. The lowest BCUT2D eigenvalue weighted by molar-refractivity contribution is -0.385. The van der Waals surface area contributed by atoms with Gasteiger partial charge in [-0.05, 0) is 39.3 Å². The average Bonchev–Trinajstić information content (AvgIpc) is 3.18. The largest absolute Gasteiger partial charge is 0.354 e. The van der Waals surface area contributed by atoms with Gasteiger partial charge in [-0.2, -0.15) is 5.10 Å². The number of nitro groups is 1. The number of hydrogen-bond donors (Lipinski definition) is 1. The van der Waals surface area contributed by atoms with E-state index in [2.05, 4.69) is 22.4 Å². The van der Waals surface area contributed by atoms with E-state index >= 15 is 0 Å². The van der Waals surface area contributed by atoms with Gasteiger partial charge in [-0.25, -0.2) is 0 Å². The van der Waals surface area contributed by atoms with Crippen molar-refractivity contribution >= 4 is 11.6 Å². The number of amides is 1. The van der Waals surface area contributed by atoms with Gasteiger partial charge in [0.2, 0.25) is 5.91 Å². The van der Waals surface area contributed by atoms with Crippen LogP contribution in [-0.4, -0.2) is 51.7 Å². The predicted octanol–water partition coefficient (Wildman–Crippen LogP) is 0.782. The molecule has 1 N–H and O–H groups in total. The van der Waals surface area contributed by atoms with Crippen LogP contribution in [0.3, 0.4) is 0 Å². The first kappa shape index (κ1) is 15.4. The molecule has 1 saturated carbocycles. The van der Waals surface area contributed by atoms with E-state index in [9.17, 15) is 14.9 Å². The molecule has 0 bridgehead atoms. The number of nitrogens with zero attached hydrogens (tertiary/aromatic N) is 4. The summed E-state index contributed by atoms with van der Waals surface area (Å²) in [4.78, 5) is 24.0. The highest BCUT2D eigenvalue weighted by atomic mass is 16.6. The van der Waals surface area contributed by atoms with Crippen LogP contribution in [-0.2, 0) is 11.3 Å². The van der Waals surface area contributed by atoms with Crippen molar-refractivity contribution in [3.8, 4) is 0 Å². The number of unbranched alkanes of at least 4 members (excludes halogenated alkanes) is 1. The molecule has 8 nitrogen and oxygen atoms in total. The van der Waals surface area contributed by atoms with E-state index in [1.165, 1.54) is 23.7 Å². The zero-order valence-electron chi connectivity index (χ0n) is 12.2. The summed E-state index contributed by atoms with van der Waals surface area (Å²) in [7, 11) is 2.14. The average molecular weight is 295 g/mol. The Morgan fingerprint density at radius 3 is 2.95 bits per heavy atom. The Bertz CT molecular complexity index is 498. The zero-order chi connectivity index (χ0) is 15.2. The first-order valence-electron chi connectivity index (χ1n) is 7.20. The summed E-state index contributed by atoms with van der Waals surface area (Å²) < 4.78 is 1.27. The molecule has 1 aromatic rings. The number of carbonyl (C=O) groups is 1. The van der Waals surface area contributed by atoms with Crippen LogP contribution in [0.4, 0.5) is 5.69 Å². The maximum Gasteiger partial charge on any atom is 0.307 e. The number of carbonyl (C=O) groups excluding carboxylic acids is 1. The van der Waals surface area contributed by atoms with Gasteiger partial charge < -0.3 is 10.2 Å². The second kappa shape index (κ2) is 7.16. The quantitative estimate of drug-likeness (QED) is 0.413. The van der Waals surface area contributed by atoms with E-state index in [0.29, 0.717) is 6.54 Å². The van der Waals surface area contributed by atoms with Gasteiger partial charge in [0.05, 0.1) is 4.92 Å². The summed E-state index contributed by atoms with van der Waals surface area (Å²) in [5, 5.41) is 17.1. The van der Waals surface area contributed by atoms with E-state index in [1.54, 1.807) is 0 Å². The van der Waals surface area contributed by atoms with Crippen molar-refractivity contribution in [2.45, 2.75) is 38.3 Å². The van der Waals surface area contributed by atoms with Gasteiger partial charge in [0.25, 0.3) is 0 Å². The second-order valence-electron chi connectivity index (χ2n) is 5.42. The Kier molecular flexibility index (Phi) is 5.26. The topological polar surface area (TPSA) is 93.3 Å². The molecular formula is C13H21N5O3. The minimum Gasteiger partial charge on any atom is -0.354 e. The van der Waals surface area contributed by atoms with E-state index in [0.717, 1.165) is 31.6 Å². The van der Waals surface area contributed by atoms with Crippen LogP contribution in [0.15, 0.2) is 12.4 Å². The number of hydrogen-bond acceptors (Lipinski definition) is 5. The van der Waals surface area contributed by atoms with Crippen molar-refractivity contribution in [3.05, 3.63) is 22.5 Å². The smallest absolute Gasteiger partial charge is 0.307 e. The van der Waals surface area contributed by atoms with Gasteiger partial charge in [0.1, 0.15) is 18.9 Å². The molecular weight excluding hydrogens is 274 g/mol. The van der Waals surface area contributed by atoms with Crippen LogP contribution in [0, 0.1) is 10.1 Å². The van der Waals surface area contributed by atoms with Gasteiger partial charge in [-0.3, -0.25) is 19.6 Å². The first-order chi connectivity index (χ1) is 10.1. The SMILES string of the molecule is CN(CCCCNC(=O)Cn1cc([N+](=O)[O-])cn1)C1CC1. The third-order valence-corrected chi connectivity index (χ3v) is 3.57. The molecule has 1 aliphatic rings. The molecule has 1 fully saturated rings. The molecule has 0 spiro atoms. The highest BCUT2D eigenvalue weighted by Gasteiger charge is 2.25. The maximum atomic E-state index is 11.7. The number of aromatic nitrogens is 2. The van der Waals surface area contributed by atoms with Gasteiger partial charge in [-0.1, -0.05) is 0 Å². The molecule has 1 heterocycles.